The van der Waals surface area contributed by atoms with Crippen molar-refractivity contribution in [3.63, 3.8) is 0 Å². The number of carbonyl (C=O) groups excluding carboxylic acids is 2. The Labute approximate surface area is 185 Å². The number of rotatable bonds is 7. The van der Waals surface area contributed by atoms with Gasteiger partial charge in [-0.1, -0.05) is 18.2 Å². The van der Waals surface area contributed by atoms with Crippen molar-refractivity contribution in [2.24, 2.45) is 4.99 Å². The standard InChI is InChI=1S/C22H36N6O3/c1-22(2,3)31-21(30)26-13-12-25-20(23-4)24-11-10-19(29)28-16-14-27(15-17-28)18-8-6-5-7-9-18/h5-9H,10-17H2,1-4H3,(H,26,30)(H2,23,24,25). The molecular weight excluding hydrogens is 396 g/mol. The minimum absolute atomic E-state index is 0.141. The van der Waals surface area contributed by atoms with Gasteiger partial charge in [-0.3, -0.25) is 9.79 Å². The van der Waals surface area contributed by atoms with Crippen molar-refractivity contribution >= 4 is 23.6 Å². The van der Waals surface area contributed by atoms with Gasteiger partial charge in [-0.2, -0.15) is 0 Å². The number of piperazine rings is 1. The molecule has 1 aliphatic heterocycles. The monoisotopic (exact) mass is 432 g/mol. The maximum Gasteiger partial charge on any atom is 0.407 e. The fraction of sp³-hybridized carbons (Fsp3) is 0.591. The van der Waals surface area contributed by atoms with Crippen LogP contribution in [0.2, 0.25) is 0 Å². The van der Waals surface area contributed by atoms with Gasteiger partial charge in [0, 0.05) is 65.0 Å². The van der Waals surface area contributed by atoms with Gasteiger partial charge in [-0.05, 0) is 32.9 Å². The maximum absolute atomic E-state index is 12.5. The molecule has 1 fully saturated rings. The van der Waals surface area contributed by atoms with Gasteiger partial charge in [0.05, 0.1) is 0 Å². The van der Waals surface area contributed by atoms with Gasteiger partial charge in [-0.15, -0.1) is 0 Å². The van der Waals surface area contributed by atoms with Crippen LogP contribution < -0.4 is 20.9 Å². The minimum Gasteiger partial charge on any atom is -0.444 e. The van der Waals surface area contributed by atoms with Crippen molar-refractivity contribution in [3.8, 4) is 0 Å². The fourth-order valence-corrected chi connectivity index (χ4v) is 3.18. The Morgan fingerprint density at radius 2 is 1.58 bits per heavy atom. The zero-order valence-corrected chi connectivity index (χ0v) is 19.1. The third kappa shape index (κ3) is 9.15. The summed E-state index contributed by atoms with van der Waals surface area (Å²) < 4.78 is 5.18. The molecule has 0 radical (unpaired) electrons. The number of hydrogen-bond acceptors (Lipinski definition) is 5. The average Bonchev–Trinajstić information content (AvgIpc) is 2.74. The summed E-state index contributed by atoms with van der Waals surface area (Å²) in [6.07, 6.45) is -0.0439. The van der Waals surface area contributed by atoms with Gasteiger partial charge >= 0.3 is 6.09 Å². The smallest absolute Gasteiger partial charge is 0.407 e. The van der Waals surface area contributed by atoms with Crippen LogP contribution in [0.5, 0.6) is 0 Å². The van der Waals surface area contributed by atoms with E-state index in [1.165, 1.54) is 5.69 Å². The zero-order chi connectivity index (χ0) is 22.7. The van der Waals surface area contributed by atoms with Crippen molar-refractivity contribution < 1.29 is 14.3 Å². The maximum atomic E-state index is 12.5. The first kappa shape index (κ1) is 24.3. The summed E-state index contributed by atoms with van der Waals surface area (Å²) in [4.78, 5) is 32.5. The van der Waals surface area contributed by atoms with Crippen LogP contribution in [0.3, 0.4) is 0 Å². The molecule has 0 unspecified atom stereocenters. The van der Waals surface area contributed by atoms with E-state index in [1.54, 1.807) is 7.05 Å². The Morgan fingerprint density at radius 3 is 2.19 bits per heavy atom. The second-order valence-electron chi connectivity index (χ2n) is 8.31. The molecule has 2 amide bonds. The third-order valence-corrected chi connectivity index (χ3v) is 4.69. The van der Waals surface area contributed by atoms with Crippen LogP contribution in [-0.2, 0) is 9.53 Å². The van der Waals surface area contributed by atoms with E-state index in [0.29, 0.717) is 32.0 Å². The van der Waals surface area contributed by atoms with Crippen LogP contribution in [-0.4, -0.2) is 81.3 Å². The van der Waals surface area contributed by atoms with E-state index in [-0.39, 0.29) is 5.91 Å². The molecule has 0 aliphatic carbocycles. The lowest BCUT2D eigenvalue weighted by molar-refractivity contribution is -0.131. The van der Waals surface area contributed by atoms with Crippen LogP contribution in [0, 0.1) is 0 Å². The molecule has 1 aliphatic rings. The Balaban J connectivity index is 1.60. The predicted molar refractivity (Wildman–Crippen MR) is 123 cm³/mol. The van der Waals surface area contributed by atoms with Crippen LogP contribution in [0.15, 0.2) is 35.3 Å². The third-order valence-electron chi connectivity index (χ3n) is 4.69. The highest BCUT2D eigenvalue weighted by Crippen LogP contribution is 2.15. The lowest BCUT2D eigenvalue weighted by atomic mass is 10.2. The molecule has 0 bridgehead atoms. The highest BCUT2D eigenvalue weighted by molar-refractivity contribution is 5.81. The normalized spacial score (nSPS) is 14.8. The molecule has 1 aromatic rings. The molecule has 1 saturated heterocycles. The van der Waals surface area contributed by atoms with Crippen LogP contribution in [0.25, 0.3) is 0 Å². The van der Waals surface area contributed by atoms with Crippen molar-refractivity contribution in [3.05, 3.63) is 30.3 Å². The number of alkyl carbamates (subject to hydrolysis) is 1. The van der Waals surface area contributed by atoms with Gasteiger partial charge in [0.2, 0.25) is 5.91 Å². The molecule has 31 heavy (non-hydrogen) atoms. The number of carbonyl (C=O) groups is 2. The van der Waals surface area contributed by atoms with E-state index in [9.17, 15) is 9.59 Å². The summed E-state index contributed by atoms with van der Waals surface area (Å²) in [6.45, 7) is 10.0. The van der Waals surface area contributed by atoms with Gasteiger partial charge in [-0.25, -0.2) is 4.79 Å². The van der Waals surface area contributed by atoms with Gasteiger partial charge < -0.3 is 30.5 Å². The molecule has 0 atom stereocenters. The largest absolute Gasteiger partial charge is 0.444 e. The highest BCUT2D eigenvalue weighted by Gasteiger charge is 2.21. The average molecular weight is 433 g/mol. The lowest BCUT2D eigenvalue weighted by Gasteiger charge is -2.36. The number of benzene rings is 1. The number of ether oxygens (including phenoxy) is 1. The van der Waals surface area contributed by atoms with E-state index < -0.39 is 11.7 Å². The van der Waals surface area contributed by atoms with Crippen LogP contribution >= 0.6 is 0 Å². The molecule has 0 spiro atoms. The summed E-state index contributed by atoms with van der Waals surface area (Å²) in [6, 6.07) is 10.3. The van der Waals surface area contributed by atoms with E-state index in [1.807, 2.05) is 43.9 Å². The lowest BCUT2D eigenvalue weighted by Crippen LogP contribution is -2.49. The number of aliphatic imine (C=N–C) groups is 1. The number of amides is 2. The molecule has 3 N–H and O–H groups in total. The van der Waals surface area contributed by atoms with Gasteiger partial charge in [0.25, 0.3) is 0 Å². The molecule has 0 aromatic heterocycles. The van der Waals surface area contributed by atoms with Crippen molar-refractivity contribution in [1.29, 1.82) is 0 Å². The van der Waals surface area contributed by atoms with Crippen LogP contribution in [0.1, 0.15) is 27.2 Å². The minimum atomic E-state index is -0.518. The summed E-state index contributed by atoms with van der Waals surface area (Å²) in [5, 5.41) is 8.92. The molecule has 1 aromatic carbocycles. The van der Waals surface area contributed by atoms with Crippen molar-refractivity contribution in [2.45, 2.75) is 32.8 Å². The number of hydrogen-bond donors (Lipinski definition) is 3. The van der Waals surface area contributed by atoms with Gasteiger partial charge in [0.15, 0.2) is 5.96 Å². The molecular formula is C22H36N6O3. The highest BCUT2D eigenvalue weighted by atomic mass is 16.6. The Morgan fingerprint density at radius 1 is 0.968 bits per heavy atom. The van der Waals surface area contributed by atoms with Crippen LogP contribution in [0.4, 0.5) is 10.5 Å². The van der Waals surface area contributed by atoms with Crippen molar-refractivity contribution in [1.82, 2.24) is 20.9 Å². The predicted octanol–water partition coefficient (Wildman–Crippen LogP) is 1.42. The van der Waals surface area contributed by atoms with E-state index in [0.717, 1.165) is 26.2 Å². The molecule has 9 nitrogen and oxygen atoms in total. The molecule has 1 heterocycles. The summed E-state index contributed by atoms with van der Waals surface area (Å²) in [5.41, 5.74) is 0.683. The summed E-state index contributed by atoms with van der Waals surface area (Å²) in [5.74, 6) is 0.731. The molecule has 9 heteroatoms. The SMILES string of the molecule is CN=C(NCCNC(=O)OC(C)(C)C)NCCC(=O)N1CCN(c2ccccc2)CC1. The first-order chi connectivity index (χ1) is 14.8. The van der Waals surface area contributed by atoms with E-state index in [2.05, 4.69) is 38.0 Å². The zero-order valence-electron chi connectivity index (χ0n) is 19.1. The fourth-order valence-electron chi connectivity index (χ4n) is 3.18. The first-order valence-electron chi connectivity index (χ1n) is 10.8. The van der Waals surface area contributed by atoms with E-state index >= 15 is 0 Å². The van der Waals surface area contributed by atoms with Gasteiger partial charge in [0.1, 0.15) is 5.60 Å². The quantitative estimate of drug-likeness (QED) is 0.342. The summed E-state index contributed by atoms with van der Waals surface area (Å²) >= 11 is 0. The Hall–Kier alpha value is -2.97. The second kappa shape index (κ2) is 12.0. The molecule has 2 rings (SSSR count). The second-order valence-corrected chi connectivity index (χ2v) is 8.31. The number of nitrogens with zero attached hydrogens (tertiary/aromatic N) is 3. The topological polar surface area (TPSA) is 98.3 Å². The number of nitrogens with one attached hydrogen (secondary N) is 3. The number of anilines is 1. The number of guanidine groups is 1. The Kier molecular flexibility index (Phi) is 9.42. The van der Waals surface area contributed by atoms with E-state index in [4.69, 9.17) is 4.74 Å². The van der Waals surface area contributed by atoms with Crippen molar-refractivity contribution in [2.75, 3.05) is 57.8 Å². The summed E-state index contributed by atoms with van der Waals surface area (Å²) in [7, 11) is 1.67. The molecule has 172 valence electrons. The Bertz CT molecular complexity index is 725. The molecule has 0 saturated carbocycles. The first-order valence-corrected chi connectivity index (χ1v) is 10.8. The number of para-hydroxylation sites is 1.